The van der Waals surface area contributed by atoms with Crippen LogP contribution in [0.2, 0.25) is 0 Å². The average molecular weight is 415 g/mol. The SMILES string of the molecule is Cc1[nH]ncc1-c1ccc2ncnc(N3CCC(C(=O)c4ccc(F)cc4)CC3)c2c1. The second kappa shape index (κ2) is 7.91. The Morgan fingerprint density at radius 2 is 1.87 bits per heavy atom. The Morgan fingerprint density at radius 3 is 2.58 bits per heavy atom. The van der Waals surface area contributed by atoms with E-state index < -0.39 is 0 Å². The maximum Gasteiger partial charge on any atom is 0.166 e. The van der Waals surface area contributed by atoms with Crippen LogP contribution in [-0.4, -0.2) is 39.0 Å². The summed E-state index contributed by atoms with van der Waals surface area (Å²) < 4.78 is 13.2. The molecule has 1 N–H and O–H groups in total. The molecular formula is C24H22FN5O. The predicted octanol–water partition coefficient (Wildman–Crippen LogP) is 4.57. The average Bonchev–Trinajstić information content (AvgIpc) is 3.24. The third-order valence-corrected chi connectivity index (χ3v) is 6.05. The minimum Gasteiger partial charge on any atom is -0.356 e. The number of hydrogen-bond donors (Lipinski definition) is 1. The fourth-order valence-corrected chi connectivity index (χ4v) is 4.31. The smallest absolute Gasteiger partial charge is 0.166 e. The molecule has 1 aliphatic heterocycles. The van der Waals surface area contributed by atoms with Crippen LogP contribution in [0.25, 0.3) is 22.0 Å². The largest absolute Gasteiger partial charge is 0.356 e. The fourth-order valence-electron chi connectivity index (χ4n) is 4.31. The van der Waals surface area contributed by atoms with Gasteiger partial charge in [0.1, 0.15) is 18.0 Å². The summed E-state index contributed by atoms with van der Waals surface area (Å²) in [5.74, 6) is 0.594. The molecule has 31 heavy (non-hydrogen) atoms. The Kier molecular flexibility index (Phi) is 4.94. The number of rotatable bonds is 4. The normalized spacial score (nSPS) is 14.8. The Morgan fingerprint density at radius 1 is 1.10 bits per heavy atom. The van der Waals surface area contributed by atoms with Gasteiger partial charge in [0.2, 0.25) is 0 Å². The van der Waals surface area contributed by atoms with E-state index in [1.165, 1.54) is 12.1 Å². The molecule has 7 heteroatoms. The molecule has 0 spiro atoms. The number of aromatic amines is 1. The lowest BCUT2D eigenvalue weighted by Gasteiger charge is -2.32. The van der Waals surface area contributed by atoms with Crippen molar-refractivity contribution in [2.24, 2.45) is 5.92 Å². The molecule has 1 saturated heterocycles. The zero-order valence-electron chi connectivity index (χ0n) is 17.2. The summed E-state index contributed by atoms with van der Waals surface area (Å²) in [5, 5.41) is 8.10. The van der Waals surface area contributed by atoms with Gasteiger partial charge < -0.3 is 4.90 Å². The number of nitrogens with zero attached hydrogens (tertiary/aromatic N) is 4. The molecule has 4 aromatic rings. The van der Waals surface area contributed by atoms with E-state index in [4.69, 9.17) is 0 Å². The number of carbonyl (C=O) groups excluding carboxylic acids is 1. The molecule has 2 aromatic carbocycles. The number of aromatic nitrogens is 4. The topological polar surface area (TPSA) is 74.8 Å². The number of nitrogens with one attached hydrogen (secondary N) is 1. The van der Waals surface area contributed by atoms with Gasteiger partial charge in [-0.3, -0.25) is 9.89 Å². The van der Waals surface area contributed by atoms with Gasteiger partial charge in [-0.05, 0) is 61.7 Å². The quantitative estimate of drug-likeness (QED) is 0.494. The minimum atomic E-state index is -0.327. The van der Waals surface area contributed by atoms with Crippen LogP contribution in [0.4, 0.5) is 10.2 Å². The molecule has 0 atom stereocenters. The number of benzene rings is 2. The lowest BCUT2D eigenvalue weighted by atomic mass is 9.89. The zero-order chi connectivity index (χ0) is 21.4. The zero-order valence-corrected chi connectivity index (χ0v) is 17.2. The van der Waals surface area contributed by atoms with Gasteiger partial charge in [-0.15, -0.1) is 0 Å². The fraction of sp³-hybridized carbons (Fsp3) is 0.250. The van der Waals surface area contributed by atoms with Gasteiger partial charge in [-0.25, -0.2) is 14.4 Å². The molecular weight excluding hydrogens is 393 g/mol. The number of Topliss-reactive ketones (excluding diaryl/α,β-unsaturated/α-hetero) is 1. The first-order valence-corrected chi connectivity index (χ1v) is 10.4. The van der Waals surface area contributed by atoms with Gasteiger partial charge in [0.05, 0.1) is 11.7 Å². The maximum atomic E-state index is 13.2. The van der Waals surface area contributed by atoms with Crippen LogP contribution in [0.5, 0.6) is 0 Å². The van der Waals surface area contributed by atoms with Gasteiger partial charge in [-0.1, -0.05) is 6.07 Å². The summed E-state index contributed by atoms with van der Waals surface area (Å²) in [5.41, 5.74) is 4.60. The number of ketones is 1. The van der Waals surface area contributed by atoms with Crippen LogP contribution < -0.4 is 4.90 Å². The number of H-pyrrole nitrogens is 1. The monoisotopic (exact) mass is 415 g/mol. The van der Waals surface area contributed by atoms with Crippen LogP contribution in [0.3, 0.4) is 0 Å². The maximum absolute atomic E-state index is 13.2. The molecule has 0 aliphatic carbocycles. The highest BCUT2D eigenvalue weighted by atomic mass is 19.1. The summed E-state index contributed by atoms with van der Waals surface area (Å²) in [4.78, 5) is 24.0. The highest BCUT2D eigenvalue weighted by molar-refractivity contribution is 5.98. The first-order valence-electron chi connectivity index (χ1n) is 10.4. The van der Waals surface area contributed by atoms with E-state index in [9.17, 15) is 9.18 Å². The van der Waals surface area contributed by atoms with E-state index in [0.717, 1.165) is 59.5 Å². The van der Waals surface area contributed by atoms with E-state index in [1.807, 2.05) is 25.3 Å². The molecule has 156 valence electrons. The number of halogens is 1. The number of aryl methyl sites for hydroxylation is 1. The van der Waals surface area contributed by atoms with Crippen LogP contribution in [0.15, 0.2) is 55.0 Å². The van der Waals surface area contributed by atoms with Crippen molar-refractivity contribution in [1.29, 1.82) is 0 Å². The number of piperidine rings is 1. The van der Waals surface area contributed by atoms with Crippen LogP contribution in [0.1, 0.15) is 28.9 Å². The van der Waals surface area contributed by atoms with Gasteiger partial charge in [0.15, 0.2) is 5.78 Å². The van der Waals surface area contributed by atoms with Crippen LogP contribution >= 0.6 is 0 Å². The number of carbonyl (C=O) groups is 1. The van der Waals surface area contributed by atoms with Crippen LogP contribution in [-0.2, 0) is 0 Å². The minimum absolute atomic E-state index is 0.0565. The van der Waals surface area contributed by atoms with Crippen molar-refractivity contribution in [3.05, 3.63) is 72.1 Å². The van der Waals surface area contributed by atoms with Crippen molar-refractivity contribution >= 4 is 22.5 Å². The standard InChI is InChI=1S/C24H22FN5O/c1-15-21(13-28-29-15)18-4-7-22-20(12-18)24(27-14-26-22)30-10-8-17(9-11-30)23(31)16-2-5-19(25)6-3-16/h2-7,12-14,17H,8-11H2,1H3,(H,28,29). The third kappa shape index (κ3) is 3.67. The molecule has 0 unspecified atom stereocenters. The van der Waals surface area contributed by atoms with E-state index in [-0.39, 0.29) is 17.5 Å². The Labute approximate surface area is 179 Å². The number of anilines is 1. The van der Waals surface area contributed by atoms with Crippen molar-refractivity contribution in [3.63, 3.8) is 0 Å². The van der Waals surface area contributed by atoms with E-state index >= 15 is 0 Å². The molecule has 5 rings (SSSR count). The van der Waals surface area contributed by atoms with Gasteiger partial charge >= 0.3 is 0 Å². The number of hydrogen-bond acceptors (Lipinski definition) is 5. The second-order valence-corrected chi connectivity index (χ2v) is 7.97. The van der Waals surface area contributed by atoms with Crippen molar-refractivity contribution in [3.8, 4) is 11.1 Å². The van der Waals surface area contributed by atoms with Crippen molar-refractivity contribution in [2.45, 2.75) is 19.8 Å². The highest BCUT2D eigenvalue weighted by Crippen LogP contribution is 2.32. The van der Waals surface area contributed by atoms with Crippen molar-refractivity contribution < 1.29 is 9.18 Å². The molecule has 6 nitrogen and oxygen atoms in total. The molecule has 3 heterocycles. The lowest BCUT2D eigenvalue weighted by Crippen LogP contribution is -2.37. The third-order valence-electron chi connectivity index (χ3n) is 6.05. The Hall–Kier alpha value is -3.61. The molecule has 1 fully saturated rings. The molecule has 2 aromatic heterocycles. The first kappa shape index (κ1) is 19.4. The molecule has 0 bridgehead atoms. The highest BCUT2D eigenvalue weighted by Gasteiger charge is 2.27. The van der Waals surface area contributed by atoms with E-state index in [2.05, 4.69) is 31.1 Å². The molecule has 0 radical (unpaired) electrons. The first-order chi connectivity index (χ1) is 15.1. The van der Waals surface area contributed by atoms with Gasteiger partial charge in [0.25, 0.3) is 0 Å². The van der Waals surface area contributed by atoms with Crippen molar-refractivity contribution in [2.75, 3.05) is 18.0 Å². The number of fused-ring (bicyclic) bond motifs is 1. The lowest BCUT2D eigenvalue weighted by molar-refractivity contribution is 0.0900. The summed E-state index contributed by atoms with van der Waals surface area (Å²) in [6, 6.07) is 12.0. The van der Waals surface area contributed by atoms with E-state index in [0.29, 0.717) is 5.56 Å². The second-order valence-electron chi connectivity index (χ2n) is 7.97. The predicted molar refractivity (Wildman–Crippen MR) is 118 cm³/mol. The molecule has 0 amide bonds. The molecule has 1 aliphatic rings. The summed E-state index contributed by atoms with van der Waals surface area (Å²) in [6.07, 6.45) is 4.90. The van der Waals surface area contributed by atoms with E-state index in [1.54, 1.807) is 18.5 Å². The summed E-state index contributed by atoms with van der Waals surface area (Å²) in [7, 11) is 0. The summed E-state index contributed by atoms with van der Waals surface area (Å²) >= 11 is 0. The van der Waals surface area contributed by atoms with Gasteiger partial charge in [0, 0.05) is 41.2 Å². The summed E-state index contributed by atoms with van der Waals surface area (Å²) in [6.45, 7) is 3.47. The molecule has 0 saturated carbocycles. The van der Waals surface area contributed by atoms with Gasteiger partial charge in [-0.2, -0.15) is 5.10 Å². The van der Waals surface area contributed by atoms with Crippen molar-refractivity contribution in [1.82, 2.24) is 20.2 Å². The Balaban J connectivity index is 1.38. The Bertz CT molecular complexity index is 1240. The van der Waals surface area contributed by atoms with Crippen LogP contribution in [0, 0.1) is 18.7 Å².